The van der Waals surface area contributed by atoms with E-state index in [1.807, 2.05) is 13.0 Å². The monoisotopic (exact) mass is 302 g/mol. The maximum Gasteiger partial charge on any atom is 0.391 e. The summed E-state index contributed by atoms with van der Waals surface area (Å²) in [6.07, 6.45) is -3.76. The maximum atomic E-state index is 12.7. The van der Waals surface area contributed by atoms with Crippen LogP contribution in [0.25, 0.3) is 0 Å². The topological polar surface area (TPSA) is 29.5 Å². The molecule has 1 fully saturated rings. The van der Waals surface area contributed by atoms with Gasteiger partial charge < -0.3 is 9.84 Å². The maximum absolute atomic E-state index is 12.7. The minimum Gasteiger partial charge on any atom is -0.497 e. The molecule has 2 rings (SSSR count). The Bertz CT molecular complexity index is 477. The van der Waals surface area contributed by atoms with Crippen molar-refractivity contribution in [1.29, 1.82) is 0 Å². The Morgan fingerprint density at radius 2 is 1.81 bits per heavy atom. The van der Waals surface area contributed by atoms with Crippen molar-refractivity contribution in [2.75, 3.05) is 7.11 Å². The molecule has 118 valence electrons. The number of aliphatic hydroxyl groups is 1. The van der Waals surface area contributed by atoms with E-state index in [-0.39, 0.29) is 18.8 Å². The first kappa shape index (κ1) is 16.1. The van der Waals surface area contributed by atoms with E-state index >= 15 is 0 Å². The number of hydrogen-bond acceptors (Lipinski definition) is 2. The molecule has 1 aromatic carbocycles. The molecule has 0 amide bonds. The molecule has 5 heteroatoms. The fourth-order valence-corrected chi connectivity index (χ4v) is 3.12. The van der Waals surface area contributed by atoms with Crippen molar-refractivity contribution in [3.8, 4) is 5.75 Å². The second-order valence-electron chi connectivity index (χ2n) is 5.82. The summed E-state index contributed by atoms with van der Waals surface area (Å²) in [6.45, 7) is 1.88. The number of alkyl halides is 3. The molecule has 0 aromatic heterocycles. The minimum atomic E-state index is -4.11. The van der Waals surface area contributed by atoms with Gasteiger partial charge in [0.1, 0.15) is 5.75 Å². The predicted octanol–water partition coefficient (Wildman–Crippen LogP) is 4.41. The van der Waals surface area contributed by atoms with Crippen LogP contribution < -0.4 is 4.74 Å². The first-order valence-corrected chi connectivity index (χ1v) is 7.22. The number of hydrogen-bond donors (Lipinski definition) is 1. The first-order valence-electron chi connectivity index (χ1n) is 7.22. The van der Waals surface area contributed by atoms with Gasteiger partial charge in [0.25, 0.3) is 0 Å². The zero-order valence-electron chi connectivity index (χ0n) is 12.3. The van der Waals surface area contributed by atoms with E-state index < -0.39 is 18.2 Å². The van der Waals surface area contributed by atoms with Crippen LogP contribution in [0.3, 0.4) is 0 Å². The van der Waals surface area contributed by atoms with Crippen molar-refractivity contribution >= 4 is 0 Å². The molecule has 1 aliphatic rings. The van der Waals surface area contributed by atoms with Gasteiger partial charge in [-0.3, -0.25) is 0 Å². The van der Waals surface area contributed by atoms with Crippen LogP contribution in [0.5, 0.6) is 5.75 Å². The fraction of sp³-hybridized carbons (Fsp3) is 0.625. The highest BCUT2D eigenvalue weighted by Crippen LogP contribution is 2.43. The molecule has 0 radical (unpaired) electrons. The van der Waals surface area contributed by atoms with E-state index in [4.69, 9.17) is 4.74 Å². The van der Waals surface area contributed by atoms with Crippen LogP contribution in [0.15, 0.2) is 18.2 Å². The van der Waals surface area contributed by atoms with E-state index in [1.54, 1.807) is 19.2 Å². The molecule has 1 atom stereocenters. The van der Waals surface area contributed by atoms with Gasteiger partial charge >= 0.3 is 6.18 Å². The lowest BCUT2D eigenvalue weighted by Gasteiger charge is -2.33. The van der Waals surface area contributed by atoms with Gasteiger partial charge in [-0.25, -0.2) is 0 Å². The summed E-state index contributed by atoms with van der Waals surface area (Å²) in [5.74, 6) is -0.599. The van der Waals surface area contributed by atoms with Gasteiger partial charge in [-0.2, -0.15) is 13.2 Å². The molecule has 0 heterocycles. The Hall–Kier alpha value is -1.23. The Labute approximate surface area is 122 Å². The van der Waals surface area contributed by atoms with E-state index in [0.29, 0.717) is 18.6 Å². The molecular weight excluding hydrogens is 281 g/mol. The summed E-state index contributed by atoms with van der Waals surface area (Å²) in [5.41, 5.74) is 1.69. The largest absolute Gasteiger partial charge is 0.497 e. The summed E-state index contributed by atoms with van der Waals surface area (Å²) < 4.78 is 43.1. The normalized spacial score (nSPS) is 24.7. The van der Waals surface area contributed by atoms with Crippen LogP contribution in [0.2, 0.25) is 0 Å². The van der Waals surface area contributed by atoms with Gasteiger partial charge in [0.2, 0.25) is 0 Å². The Morgan fingerprint density at radius 1 is 1.19 bits per heavy atom. The highest BCUT2D eigenvalue weighted by atomic mass is 19.4. The van der Waals surface area contributed by atoms with E-state index in [1.165, 1.54) is 0 Å². The fourth-order valence-electron chi connectivity index (χ4n) is 3.12. The highest BCUT2D eigenvalue weighted by molar-refractivity contribution is 5.36. The lowest BCUT2D eigenvalue weighted by molar-refractivity contribution is -0.185. The molecule has 1 aliphatic carbocycles. The van der Waals surface area contributed by atoms with Gasteiger partial charge in [0.15, 0.2) is 0 Å². The molecule has 21 heavy (non-hydrogen) atoms. The van der Waals surface area contributed by atoms with E-state index in [2.05, 4.69) is 0 Å². The number of rotatable bonds is 3. The summed E-state index contributed by atoms with van der Waals surface area (Å²) in [7, 11) is 1.57. The van der Waals surface area contributed by atoms with Crippen molar-refractivity contribution in [2.45, 2.75) is 44.9 Å². The average molecular weight is 302 g/mol. The minimum absolute atomic E-state index is 0.101. The quantitative estimate of drug-likeness (QED) is 0.896. The van der Waals surface area contributed by atoms with Crippen LogP contribution in [-0.2, 0) is 0 Å². The van der Waals surface area contributed by atoms with Gasteiger partial charge in [-0.1, -0.05) is 6.07 Å². The smallest absolute Gasteiger partial charge is 0.391 e. The van der Waals surface area contributed by atoms with Gasteiger partial charge in [-0.15, -0.1) is 0 Å². The second kappa shape index (κ2) is 6.26. The van der Waals surface area contributed by atoms with E-state index in [0.717, 1.165) is 11.1 Å². The number of aryl methyl sites for hydroxylation is 1. The third kappa shape index (κ3) is 3.70. The Kier molecular flexibility index (Phi) is 4.81. The van der Waals surface area contributed by atoms with Crippen molar-refractivity contribution < 1.29 is 23.0 Å². The molecule has 0 bridgehead atoms. The number of aliphatic hydroxyl groups excluding tert-OH is 1. The lowest BCUT2D eigenvalue weighted by atomic mass is 9.77. The molecule has 1 unspecified atom stereocenters. The molecule has 1 N–H and O–H groups in total. The molecule has 0 aliphatic heterocycles. The van der Waals surface area contributed by atoms with Gasteiger partial charge in [0.05, 0.1) is 19.1 Å². The number of halogens is 3. The van der Waals surface area contributed by atoms with Crippen molar-refractivity contribution in [1.82, 2.24) is 0 Å². The molecule has 0 saturated heterocycles. The zero-order valence-corrected chi connectivity index (χ0v) is 12.3. The van der Waals surface area contributed by atoms with Crippen LogP contribution in [0.1, 0.15) is 42.9 Å². The second-order valence-corrected chi connectivity index (χ2v) is 5.82. The molecular formula is C16H21F3O2. The molecule has 1 saturated carbocycles. The highest BCUT2D eigenvalue weighted by Gasteiger charge is 2.42. The molecule has 2 nitrogen and oxygen atoms in total. The van der Waals surface area contributed by atoms with Crippen molar-refractivity contribution in [3.63, 3.8) is 0 Å². The SMILES string of the molecule is COc1ccc(C(O)C2CCC(C(F)(F)F)CC2)c(C)c1. The molecule has 0 spiro atoms. The summed E-state index contributed by atoms with van der Waals surface area (Å²) in [6, 6.07) is 5.40. The number of ether oxygens (including phenoxy) is 1. The van der Waals surface area contributed by atoms with Crippen molar-refractivity contribution in [2.24, 2.45) is 11.8 Å². The van der Waals surface area contributed by atoms with Gasteiger partial charge in [0, 0.05) is 0 Å². The lowest BCUT2D eigenvalue weighted by Crippen LogP contribution is -2.29. The first-order chi connectivity index (χ1) is 9.82. The van der Waals surface area contributed by atoms with Gasteiger partial charge in [-0.05, 0) is 61.8 Å². The number of benzene rings is 1. The van der Waals surface area contributed by atoms with Crippen LogP contribution in [-0.4, -0.2) is 18.4 Å². The van der Waals surface area contributed by atoms with Crippen LogP contribution >= 0.6 is 0 Å². The Balaban J connectivity index is 2.03. The Morgan fingerprint density at radius 3 is 2.29 bits per heavy atom. The summed E-state index contributed by atoms with van der Waals surface area (Å²) >= 11 is 0. The average Bonchev–Trinajstić information content (AvgIpc) is 2.45. The summed E-state index contributed by atoms with van der Waals surface area (Å²) in [4.78, 5) is 0. The molecule has 1 aromatic rings. The predicted molar refractivity (Wildman–Crippen MR) is 74.2 cm³/mol. The van der Waals surface area contributed by atoms with Crippen molar-refractivity contribution in [3.05, 3.63) is 29.3 Å². The van der Waals surface area contributed by atoms with E-state index in [9.17, 15) is 18.3 Å². The third-order valence-electron chi connectivity index (χ3n) is 4.48. The zero-order chi connectivity index (χ0) is 15.6. The standard InChI is InChI=1S/C16H21F3O2/c1-10-9-13(21-2)7-8-14(10)15(20)11-3-5-12(6-4-11)16(17,18)19/h7-9,11-12,15,20H,3-6H2,1-2H3. The van der Waals surface area contributed by atoms with Crippen LogP contribution in [0, 0.1) is 18.8 Å². The van der Waals surface area contributed by atoms with Crippen LogP contribution in [0.4, 0.5) is 13.2 Å². The summed E-state index contributed by atoms with van der Waals surface area (Å²) in [5, 5.41) is 10.5. The third-order valence-corrected chi connectivity index (χ3v) is 4.48. The number of methoxy groups -OCH3 is 1.